The minimum atomic E-state index is -0.517. The molecule has 4 rings (SSSR count). The van der Waals surface area contributed by atoms with Gasteiger partial charge in [-0.15, -0.1) is 5.10 Å². The highest BCUT2D eigenvalue weighted by Gasteiger charge is 2.14. The summed E-state index contributed by atoms with van der Waals surface area (Å²) in [6.07, 6.45) is 1.32. The van der Waals surface area contributed by atoms with Crippen LogP contribution in [0.1, 0.15) is 0 Å². The molecule has 2 heterocycles. The summed E-state index contributed by atoms with van der Waals surface area (Å²) in [5.41, 5.74) is 0.872. The van der Waals surface area contributed by atoms with E-state index in [0.29, 0.717) is 16.6 Å². The number of nitrogens with zero attached hydrogens (tertiary/aromatic N) is 4. The Bertz CT molecular complexity index is 1150. The third kappa shape index (κ3) is 2.74. The lowest BCUT2D eigenvalue weighted by molar-refractivity contribution is -0.117. The van der Waals surface area contributed by atoms with Gasteiger partial charge in [0.2, 0.25) is 5.91 Å². The second-order valence-electron chi connectivity index (χ2n) is 5.45. The maximum absolute atomic E-state index is 13.5. The van der Waals surface area contributed by atoms with E-state index < -0.39 is 11.5 Å². The summed E-state index contributed by atoms with van der Waals surface area (Å²) in [6, 6.07) is 13.0. The number of hydrogen-bond donors (Lipinski definition) is 1. The van der Waals surface area contributed by atoms with Gasteiger partial charge in [-0.05, 0) is 30.3 Å². The average molecular weight is 337 g/mol. The molecule has 0 unspecified atom stereocenters. The number of rotatable bonds is 3. The third-order valence-electron chi connectivity index (χ3n) is 3.73. The minimum absolute atomic E-state index is 0.252. The summed E-state index contributed by atoms with van der Waals surface area (Å²) in [7, 11) is 0. The van der Waals surface area contributed by atoms with E-state index >= 15 is 0 Å². The number of hydrogen-bond acceptors (Lipinski definition) is 4. The first-order chi connectivity index (χ1) is 12.1. The van der Waals surface area contributed by atoms with Crippen molar-refractivity contribution < 1.29 is 9.18 Å². The fourth-order valence-electron chi connectivity index (χ4n) is 2.59. The van der Waals surface area contributed by atoms with E-state index in [9.17, 15) is 14.0 Å². The monoisotopic (exact) mass is 337 g/mol. The Morgan fingerprint density at radius 2 is 1.96 bits per heavy atom. The van der Waals surface area contributed by atoms with E-state index in [2.05, 4.69) is 15.4 Å². The minimum Gasteiger partial charge on any atom is -0.324 e. The quantitative estimate of drug-likeness (QED) is 0.618. The van der Waals surface area contributed by atoms with Crippen molar-refractivity contribution in [2.24, 2.45) is 0 Å². The second-order valence-corrected chi connectivity index (χ2v) is 5.45. The van der Waals surface area contributed by atoms with Crippen molar-refractivity contribution in [3.05, 3.63) is 71.2 Å². The lowest BCUT2D eigenvalue weighted by Crippen LogP contribution is -2.28. The van der Waals surface area contributed by atoms with Crippen LogP contribution >= 0.6 is 0 Å². The molecule has 0 aliphatic carbocycles. The Morgan fingerprint density at radius 1 is 1.16 bits per heavy atom. The van der Waals surface area contributed by atoms with Crippen molar-refractivity contribution in [2.75, 3.05) is 5.32 Å². The Morgan fingerprint density at radius 3 is 2.76 bits per heavy atom. The average Bonchev–Trinajstić information content (AvgIpc) is 2.92. The second kappa shape index (κ2) is 5.82. The van der Waals surface area contributed by atoms with Crippen molar-refractivity contribution >= 4 is 28.1 Å². The number of fused-ring (bicyclic) bond motifs is 3. The maximum Gasteiger partial charge on any atom is 0.352 e. The number of carbonyl (C=O) groups is 1. The van der Waals surface area contributed by atoms with Gasteiger partial charge >= 0.3 is 5.69 Å². The smallest absolute Gasteiger partial charge is 0.324 e. The van der Waals surface area contributed by atoms with Crippen molar-refractivity contribution in [3.8, 4) is 0 Å². The molecule has 0 fully saturated rings. The van der Waals surface area contributed by atoms with Crippen LogP contribution in [0.4, 0.5) is 10.1 Å². The molecule has 0 aliphatic rings. The molecule has 7 nitrogen and oxygen atoms in total. The van der Waals surface area contributed by atoms with Gasteiger partial charge in [-0.3, -0.25) is 4.79 Å². The van der Waals surface area contributed by atoms with Crippen LogP contribution in [-0.4, -0.2) is 25.1 Å². The van der Waals surface area contributed by atoms with Crippen LogP contribution in [0.5, 0.6) is 0 Å². The van der Waals surface area contributed by atoms with E-state index in [4.69, 9.17) is 0 Å². The summed E-state index contributed by atoms with van der Waals surface area (Å²) in [4.78, 5) is 28.6. The predicted octanol–water partition coefficient (Wildman–Crippen LogP) is 1.82. The van der Waals surface area contributed by atoms with Crippen LogP contribution in [-0.2, 0) is 11.3 Å². The standard InChI is InChI=1S/C17H12FN5O2/c18-11-6-7-14-13(8-11)16-21-23(17(25)22(16)10-19-14)9-15(24)20-12-4-2-1-3-5-12/h1-8,10H,9H2,(H,20,24). The number of para-hydroxylation sites is 1. The molecule has 124 valence electrons. The molecule has 0 atom stereocenters. The van der Waals surface area contributed by atoms with Crippen molar-refractivity contribution in [3.63, 3.8) is 0 Å². The van der Waals surface area contributed by atoms with E-state index in [0.717, 1.165) is 4.68 Å². The number of benzene rings is 2. The number of nitrogens with one attached hydrogen (secondary N) is 1. The zero-order valence-corrected chi connectivity index (χ0v) is 12.9. The molecule has 0 bridgehead atoms. The molecule has 25 heavy (non-hydrogen) atoms. The van der Waals surface area contributed by atoms with Crippen LogP contribution in [0.25, 0.3) is 16.6 Å². The molecule has 4 aromatic rings. The molecule has 2 aromatic carbocycles. The van der Waals surface area contributed by atoms with Gasteiger partial charge in [0.05, 0.1) is 5.52 Å². The van der Waals surface area contributed by atoms with Crippen LogP contribution in [0, 0.1) is 5.82 Å². The van der Waals surface area contributed by atoms with E-state index in [-0.39, 0.29) is 18.1 Å². The Hall–Kier alpha value is -3.55. The third-order valence-corrected chi connectivity index (χ3v) is 3.73. The summed E-state index contributed by atoms with van der Waals surface area (Å²) in [5.74, 6) is -0.841. The van der Waals surface area contributed by atoms with Crippen LogP contribution in [0.15, 0.2) is 59.7 Å². The highest BCUT2D eigenvalue weighted by atomic mass is 19.1. The highest BCUT2D eigenvalue weighted by Crippen LogP contribution is 2.16. The SMILES string of the molecule is O=C(Cn1nc2c3cc(F)ccc3ncn2c1=O)Nc1ccccc1. The Labute approximate surface area is 140 Å². The molecule has 0 aliphatic heterocycles. The summed E-state index contributed by atoms with van der Waals surface area (Å²) in [5, 5.41) is 7.25. The summed E-state index contributed by atoms with van der Waals surface area (Å²) < 4.78 is 15.7. The van der Waals surface area contributed by atoms with Crippen LogP contribution in [0.3, 0.4) is 0 Å². The molecule has 2 aromatic heterocycles. The van der Waals surface area contributed by atoms with E-state index in [1.54, 1.807) is 24.3 Å². The van der Waals surface area contributed by atoms with Gasteiger partial charge in [-0.1, -0.05) is 18.2 Å². The zero-order valence-electron chi connectivity index (χ0n) is 12.9. The van der Waals surface area contributed by atoms with Crippen LogP contribution in [0.2, 0.25) is 0 Å². The molecule has 1 N–H and O–H groups in total. The van der Waals surface area contributed by atoms with Gasteiger partial charge in [0.25, 0.3) is 0 Å². The largest absolute Gasteiger partial charge is 0.352 e. The lowest BCUT2D eigenvalue weighted by Gasteiger charge is -2.03. The molecule has 0 radical (unpaired) electrons. The Balaban J connectivity index is 1.71. The van der Waals surface area contributed by atoms with E-state index in [1.165, 1.54) is 28.9 Å². The molecule has 0 saturated carbocycles. The first kappa shape index (κ1) is 15.0. The van der Waals surface area contributed by atoms with Gasteiger partial charge in [-0.25, -0.2) is 23.3 Å². The predicted molar refractivity (Wildman–Crippen MR) is 89.8 cm³/mol. The van der Waals surface area contributed by atoms with Crippen LogP contribution < -0.4 is 11.0 Å². The first-order valence-corrected chi connectivity index (χ1v) is 7.50. The van der Waals surface area contributed by atoms with Gasteiger partial charge in [0.15, 0.2) is 5.65 Å². The van der Waals surface area contributed by atoms with Gasteiger partial charge in [-0.2, -0.15) is 0 Å². The normalized spacial score (nSPS) is 11.1. The topological polar surface area (TPSA) is 81.3 Å². The molecule has 0 spiro atoms. The first-order valence-electron chi connectivity index (χ1n) is 7.50. The molecule has 8 heteroatoms. The van der Waals surface area contributed by atoms with E-state index in [1.807, 2.05) is 6.07 Å². The number of halogens is 1. The van der Waals surface area contributed by atoms with Crippen molar-refractivity contribution in [1.82, 2.24) is 19.2 Å². The molecular formula is C17H12FN5O2. The molecular weight excluding hydrogens is 325 g/mol. The lowest BCUT2D eigenvalue weighted by atomic mass is 10.2. The number of amides is 1. The summed E-state index contributed by atoms with van der Waals surface area (Å²) >= 11 is 0. The van der Waals surface area contributed by atoms with Gasteiger partial charge < -0.3 is 5.32 Å². The van der Waals surface area contributed by atoms with Crippen molar-refractivity contribution in [1.29, 1.82) is 0 Å². The maximum atomic E-state index is 13.5. The number of carbonyl (C=O) groups excluding carboxylic acids is 1. The zero-order chi connectivity index (χ0) is 17.4. The number of anilines is 1. The van der Waals surface area contributed by atoms with Gasteiger partial charge in [0, 0.05) is 11.1 Å². The van der Waals surface area contributed by atoms with Crippen molar-refractivity contribution in [2.45, 2.75) is 6.54 Å². The molecule has 0 saturated heterocycles. The van der Waals surface area contributed by atoms with Gasteiger partial charge in [0.1, 0.15) is 18.7 Å². The molecule has 1 amide bonds. The Kier molecular flexibility index (Phi) is 3.50. The highest BCUT2D eigenvalue weighted by molar-refractivity contribution is 5.92. The fraction of sp³-hybridized carbons (Fsp3) is 0.0588. The summed E-state index contributed by atoms with van der Waals surface area (Å²) in [6.45, 7) is -0.258. The fourth-order valence-corrected chi connectivity index (χ4v) is 2.59. The number of aromatic nitrogens is 4.